The zero-order chi connectivity index (χ0) is 17.4. The van der Waals surface area contributed by atoms with Gasteiger partial charge in [-0.25, -0.2) is 13.5 Å². The summed E-state index contributed by atoms with van der Waals surface area (Å²) in [6, 6.07) is 5.72. The Balaban J connectivity index is 1.53. The predicted octanol–water partition coefficient (Wildman–Crippen LogP) is 2.61. The molecule has 1 aliphatic carbocycles. The van der Waals surface area contributed by atoms with Crippen LogP contribution in [0.5, 0.6) is 0 Å². The molecule has 1 aliphatic rings. The van der Waals surface area contributed by atoms with Crippen molar-refractivity contribution in [2.75, 3.05) is 5.32 Å². The number of pyridine rings is 2. The highest BCUT2D eigenvalue weighted by atomic mass is 19.1. The summed E-state index contributed by atoms with van der Waals surface area (Å²) in [5.74, 6) is -0.822. The summed E-state index contributed by atoms with van der Waals surface area (Å²) in [5, 5.41) is 6.95. The van der Waals surface area contributed by atoms with Crippen LogP contribution in [0.25, 0.3) is 5.69 Å². The normalized spacial score (nSPS) is 15.0. The summed E-state index contributed by atoms with van der Waals surface area (Å²) in [6.45, 7) is 0. The molecule has 0 aromatic carbocycles. The minimum atomic E-state index is -0.738. The first-order chi connectivity index (χ1) is 12.1. The molecule has 1 fully saturated rings. The lowest BCUT2D eigenvalue weighted by Crippen LogP contribution is -2.29. The quantitative estimate of drug-likeness (QED) is 0.792. The lowest BCUT2D eigenvalue weighted by molar-refractivity contribution is -0.118. The summed E-state index contributed by atoms with van der Waals surface area (Å²) in [6.07, 6.45) is 6.56. The first-order valence-electron chi connectivity index (χ1n) is 7.67. The SMILES string of the molecule is O=C(Nc1ccn(-c2cncc(F)c2)n1)C1(c2ccc(F)cn2)CC1. The molecule has 0 bridgehead atoms. The number of amides is 1. The van der Waals surface area contributed by atoms with Crippen molar-refractivity contribution < 1.29 is 13.6 Å². The van der Waals surface area contributed by atoms with Crippen molar-refractivity contribution in [3.05, 3.63) is 66.4 Å². The standard InChI is InChI=1S/C17H13F2N5O/c18-11-1-2-14(21-9-11)17(4-5-17)16(25)22-15-3-6-24(23-15)13-7-12(19)8-20-10-13/h1-3,6-10H,4-5H2,(H,22,23,25). The number of halogens is 2. The zero-order valence-electron chi connectivity index (χ0n) is 13.0. The maximum Gasteiger partial charge on any atom is 0.237 e. The molecule has 3 aromatic heterocycles. The highest BCUT2D eigenvalue weighted by Crippen LogP contribution is 2.48. The Morgan fingerprint density at radius 1 is 1.12 bits per heavy atom. The summed E-state index contributed by atoms with van der Waals surface area (Å²) in [4.78, 5) is 20.4. The van der Waals surface area contributed by atoms with Gasteiger partial charge in [-0.3, -0.25) is 14.8 Å². The molecule has 126 valence electrons. The Kier molecular flexibility index (Phi) is 3.52. The highest BCUT2D eigenvalue weighted by molar-refractivity contribution is 6.00. The van der Waals surface area contributed by atoms with Crippen LogP contribution < -0.4 is 5.32 Å². The van der Waals surface area contributed by atoms with E-state index in [0.717, 1.165) is 12.4 Å². The average molecular weight is 341 g/mol. The van der Waals surface area contributed by atoms with Crippen molar-refractivity contribution in [3.8, 4) is 5.69 Å². The number of carbonyl (C=O) groups is 1. The van der Waals surface area contributed by atoms with Crippen molar-refractivity contribution in [2.45, 2.75) is 18.3 Å². The Bertz CT molecular complexity index is 934. The molecule has 0 unspecified atom stereocenters. The van der Waals surface area contributed by atoms with Crippen molar-refractivity contribution in [1.29, 1.82) is 0 Å². The molecule has 0 radical (unpaired) electrons. The van der Waals surface area contributed by atoms with E-state index in [4.69, 9.17) is 0 Å². The van der Waals surface area contributed by atoms with E-state index in [0.29, 0.717) is 30.0 Å². The van der Waals surface area contributed by atoms with Crippen LogP contribution in [0.15, 0.2) is 49.1 Å². The lowest BCUT2D eigenvalue weighted by atomic mass is 10.0. The molecule has 3 aromatic rings. The minimum Gasteiger partial charge on any atom is -0.308 e. The molecule has 6 nitrogen and oxygen atoms in total. The van der Waals surface area contributed by atoms with E-state index in [-0.39, 0.29) is 5.91 Å². The Labute approximate surface area is 141 Å². The van der Waals surface area contributed by atoms with Gasteiger partial charge in [-0.15, -0.1) is 0 Å². The molecule has 0 saturated heterocycles. The number of nitrogens with zero attached hydrogens (tertiary/aromatic N) is 4. The predicted molar refractivity (Wildman–Crippen MR) is 85.1 cm³/mol. The summed E-state index contributed by atoms with van der Waals surface area (Å²) in [7, 11) is 0. The fraction of sp³-hybridized carbons (Fsp3) is 0.176. The van der Waals surface area contributed by atoms with Crippen LogP contribution >= 0.6 is 0 Å². The van der Waals surface area contributed by atoms with E-state index in [1.165, 1.54) is 29.1 Å². The maximum atomic E-state index is 13.2. The van der Waals surface area contributed by atoms with Gasteiger partial charge in [0.25, 0.3) is 0 Å². The van der Waals surface area contributed by atoms with Crippen molar-refractivity contribution in [2.24, 2.45) is 0 Å². The Morgan fingerprint density at radius 3 is 2.64 bits per heavy atom. The van der Waals surface area contributed by atoms with Crippen molar-refractivity contribution in [1.82, 2.24) is 19.7 Å². The summed E-state index contributed by atoms with van der Waals surface area (Å²) < 4.78 is 27.7. The van der Waals surface area contributed by atoms with Gasteiger partial charge in [-0.2, -0.15) is 5.10 Å². The molecule has 1 saturated carbocycles. The van der Waals surface area contributed by atoms with Gasteiger partial charge in [0.15, 0.2) is 5.82 Å². The average Bonchev–Trinajstić information content (AvgIpc) is 3.29. The molecule has 0 spiro atoms. The smallest absolute Gasteiger partial charge is 0.237 e. The van der Waals surface area contributed by atoms with Gasteiger partial charge in [0.1, 0.15) is 11.6 Å². The third-order valence-corrected chi connectivity index (χ3v) is 4.19. The van der Waals surface area contributed by atoms with Crippen molar-refractivity contribution >= 4 is 11.7 Å². The van der Waals surface area contributed by atoms with Crippen LogP contribution in [0.1, 0.15) is 18.5 Å². The molecule has 1 amide bonds. The topological polar surface area (TPSA) is 72.7 Å². The largest absolute Gasteiger partial charge is 0.308 e. The van der Waals surface area contributed by atoms with E-state index >= 15 is 0 Å². The molecule has 0 aliphatic heterocycles. The number of hydrogen-bond donors (Lipinski definition) is 1. The van der Waals surface area contributed by atoms with Crippen LogP contribution in [0.4, 0.5) is 14.6 Å². The molecule has 3 heterocycles. The monoisotopic (exact) mass is 341 g/mol. The third kappa shape index (κ3) is 2.86. The fourth-order valence-electron chi connectivity index (χ4n) is 2.68. The minimum absolute atomic E-state index is 0.241. The van der Waals surface area contributed by atoms with E-state index in [1.807, 2.05) is 0 Å². The van der Waals surface area contributed by atoms with Crippen molar-refractivity contribution in [3.63, 3.8) is 0 Å². The molecule has 8 heteroatoms. The van der Waals surface area contributed by atoms with E-state index in [9.17, 15) is 13.6 Å². The van der Waals surface area contributed by atoms with Crippen LogP contribution in [-0.4, -0.2) is 25.7 Å². The second-order valence-electron chi connectivity index (χ2n) is 5.90. The maximum absolute atomic E-state index is 13.2. The number of nitrogens with one attached hydrogen (secondary N) is 1. The second-order valence-corrected chi connectivity index (χ2v) is 5.90. The van der Waals surface area contributed by atoms with Crippen LogP contribution in [-0.2, 0) is 10.2 Å². The van der Waals surface area contributed by atoms with Gasteiger partial charge in [-0.1, -0.05) is 0 Å². The third-order valence-electron chi connectivity index (χ3n) is 4.19. The van der Waals surface area contributed by atoms with Crippen LogP contribution in [0, 0.1) is 11.6 Å². The van der Waals surface area contributed by atoms with E-state index in [1.54, 1.807) is 12.3 Å². The van der Waals surface area contributed by atoms with Gasteiger partial charge in [-0.05, 0) is 25.0 Å². The van der Waals surface area contributed by atoms with E-state index < -0.39 is 17.0 Å². The van der Waals surface area contributed by atoms with E-state index in [2.05, 4.69) is 20.4 Å². The Hall–Kier alpha value is -3.16. The lowest BCUT2D eigenvalue weighted by Gasteiger charge is -2.13. The van der Waals surface area contributed by atoms with Gasteiger partial charge >= 0.3 is 0 Å². The van der Waals surface area contributed by atoms with Gasteiger partial charge < -0.3 is 5.32 Å². The molecule has 25 heavy (non-hydrogen) atoms. The number of aromatic nitrogens is 4. The molecule has 0 atom stereocenters. The Morgan fingerprint density at radius 2 is 1.96 bits per heavy atom. The van der Waals surface area contributed by atoms with Gasteiger partial charge in [0.05, 0.1) is 35.4 Å². The molecular formula is C17H13F2N5O. The molecule has 4 rings (SSSR count). The number of anilines is 1. The zero-order valence-corrected chi connectivity index (χ0v) is 13.0. The molecular weight excluding hydrogens is 328 g/mol. The second kappa shape index (κ2) is 5.73. The first kappa shape index (κ1) is 15.4. The van der Waals surface area contributed by atoms with Gasteiger partial charge in [0, 0.05) is 18.3 Å². The summed E-state index contributed by atoms with van der Waals surface area (Å²) in [5.41, 5.74) is 0.250. The van der Waals surface area contributed by atoms with Crippen LogP contribution in [0.3, 0.4) is 0 Å². The van der Waals surface area contributed by atoms with Crippen LogP contribution in [0.2, 0.25) is 0 Å². The number of rotatable bonds is 4. The van der Waals surface area contributed by atoms with Gasteiger partial charge in [0.2, 0.25) is 5.91 Å². The number of carbonyl (C=O) groups excluding carboxylic acids is 1. The fourth-order valence-corrected chi connectivity index (χ4v) is 2.68. The summed E-state index contributed by atoms with van der Waals surface area (Å²) >= 11 is 0. The number of hydrogen-bond acceptors (Lipinski definition) is 4. The molecule has 1 N–H and O–H groups in total. The first-order valence-corrected chi connectivity index (χ1v) is 7.67. The highest BCUT2D eigenvalue weighted by Gasteiger charge is 2.52.